The Labute approximate surface area is 140 Å². The zero-order valence-electron chi connectivity index (χ0n) is 12.3. The van der Waals surface area contributed by atoms with Crippen molar-refractivity contribution in [3.8, 4) is 11.1 Å². The number of rotatable bonds is 5. The summed E-state index contributed by atoms with van der Waals surface area (Å²) in [5.74, 6) is 0.180. The van der Waals surface area contributed by atoms with Crippen molar-refractivity contribution in [1.29, 1.82) is 0 Å². The van der Waals surface area contributed by atoms with Gasteiger partial charge in [0.15, 0.2) is 0 Å². The molecule has 1 aliphatic rings. The summed E-state index contributed by atoms with van der Waals surface area (Å²) in [4.78, 5) is 4.18. The number of aliphatic hydroxyl groups excluding tert-OH is 1. The lowest BCUT2D eigenvalue weighted by Crippen LogP contribution is -2.45. The van der Waals surface area contributed by atoms with Crippen LogP contribution in [0.5, 0.6) is 0 Å². The fourth-order valence-electron chi connectivity index (χ4n) is 2.78. The Kier molecular flexibility index (Phi) is 4.68. The van der Waals surface area contributed by atoms with E-state index >= 15 is 0 Å². The molecule has 1 aromatic heterocycles. The van der Waals surface area contributed by atoms with Gasteiger partial charge in [-0.25, -0.2) is 13.1 Å². The van der Waals surface area contributed by atoms with E-state index in [0.29, 0.717) is 29.0 Å². The molecule has 23 heavy (non-hydrogen) atoms. The van der Waals surface area contributed by atoms with Crippen LogP contribution in [0.25, 0.3) is 11.1 Å². The number of nitrogens with zero attached hydrogens (tertiary/aromatic N) is 1. The normalized spacial score (nSPS) is 21.0. The van der Waals surface area contributed by atoms with Crippen molar-refractivity contribution in [2.24, 2.45) is 5.92 Å². The van der Waals surface area contributed by atoms with Crippen molar-refractivity contribution in [3.05, 3.63) is 47.7 Å². The molecule has 1 aliphatic carbocycles. The highest BCUT2D eigenvalue weighted by Gasteiger charge is 2.33. The first kappa shape index (κ1) is 16.4. The van der Waals surface area contributed by atoms with Gasteiger partial charge < -0.3 is 5.11 Å². The number of aliphatic hydroxyl groups is 1. The molecule has 2 aromatic rings. The smallest absolute Gasteiger partial charge is 0.241 e. The third-order valence-electron chi connectivity index (χ3n) is 4.03. The second kappa shape index (κ2) is 6.57. The SMILES string of the molecule is O=S(=O)(NC1CC(CO)C1)c1cccc(Cl)c1-c1cccnc1. The Morgan fingerprint density at radius 2 is 2.04 bits per heavy atom. The molecule has 0 atom stereocenters. The first-order chi connectivity index (χ1) is 11.0. The molecule has 122 valence electrons. The fraction of sp³-hybridized carbons (Fsp3) is 0.312. The van der Waals surface area contributed by atoms with Crippen LogP contribution in [0.3, 0.4) is 0 Å². The van der Waals surface area contributed by atoms with Crippen molar-refractivity contribution in [2.45, 2.75) is 23.8 Å². The standard InChI is InChI=1S/C16H17ClN2O3S/c17-14-4-1-5-15(16(14)12-3-2-6-18-9-12)23(21,22)19-13-7-11(8-13)10-20/h1-6,9,11,13,19-20H,7-8,10H2. The summed E-state index contributed by atoms with van der Waals surface area (Å²) in [7, 11) is -3.70. The van der Waals surface area contributed by atoms with Gasteiger partial charge in [-0.1, -0.05) is 23.7 Å². The predicted molar refractivity (Wildman–Crippen MR) is 88.6 cm³/mol. The van der Waals surface area contributed by atoms with Gasteiger partial charge in [-0.05, 0) is 37.0 Å². The van der Waals surface area contributed by atoms with Crippen LogP contribution < -0.4 is 4.72 Å². The molecule has 0 spiro atoms. The topological polar surface area (TPSA) is 79.3 Å². The van der Waals surface area contributed by atoms with Gasteiger partial charge in [-0.3, -0.25) is 4.98 Å². The number of hydrogen-bond donors (Lipinski definition) is 2. The van der Waals surface area contributed by atoms with Crippen molar-refractivity contribution in [3.63, 3.8) is 0 Å². The zero-order chi connectivity index (χ0) is 16.4. The summed E-state index contributed by atoms with van der Waals surface area (Å²) in [5, 5.41) is 9.41. The molecule has 5 nitrogen and oxygen atoms in total. The maximum atomic E-state index is 12.7. The number of hydrogen-bond acceptors (Lipinski definition) is 4. The summed E-state index contributed by atoms with van der Waals surface area (Å²) in [6, 6.07) is 8.19. The lowest BCUT2D eigenvalue weighted by atomic mass is 9.82. The average Bonchev–Trinajstić information content (AvgIpc) is 2.51. The van der Waals surface area contributed by atoms with Gasteiger partial charge in [-0.2, -0.15) is 0 Å². The average molecular weight is 353 g/mol. The molecule has 1 saturated carbocycles. The van der Waals surface area contributed by atoms with Gasteiger partial charge in [0.25, 0.3) is 0 Å². The van der Waals surface area contributed by atoms with Crippen LogP contribution >= 0.6 is 11.6 Å². The summed E-state index contributed by atoms with van der Waals surface area (Å²) in [5.41, 5.74) is 1.10. The number of aromatic nitrogens is 1. The molecule has 0 aliphatic heterocycles. The summed E-state index contributed by atoms with van der Waals surface area (Å²) in [6.07, 6.45) is 4.51. The van der Waals surface area contributed by atoms with Crippen LogP contribution in [-0.2, 0) is 10.0 Å². The van der Waals surface area contributed by atoms with Gasteiger partial charge in [0.1, 0.15) is 0 Å². The van der Waals surface area contributed by atoms with E-state index in [2.05, 4.69) is 9.71 Å². The fourth-order valence-corrected chi connectivity index (χ4v) is 4.64. The van der Waals surface area contributed by atoms with E-state index in [0.717, 1.165) is 0 Å². The molecule has 1 aromatic carbocycles. The highest BCUT2D eigenvalue weighted by Crippen LogP contribution is 2.35. The van der Waals surface area contributed by atoms with E-state index in [1.54, 1.807) is 42.7 Å². The van der Waals surface area contributed by atoms with Gasteiger partial charge in [-0.15, -0.1) is 0 Å². The minimum Gasteiger partial charge on any atom is -0.396 e. The first-order valence-corrected chi connectivity index (χ1v) is 9.19. The van der Waals surface area contributed by atoms with Crippen LogP contribution in [0, 0.1) is 5.92 Å². The Bertz CT molecular complexity index is 790. The highest BCUT2D eigenvalue weighted by molar-refractivity contribution is 7.89. The van der Waals surface area contributed by atoms with Crippen LogP contribution in [-0.4, -0.2) is 31.2 Å². The maximum Gasteiger partial charge on any atom is 0.241 e. The van der Waals surface area contributed by atoms with E-state index in [1.165, 1.54) is 0 Å². The predicted octanol–water partition coefficient (Wildman–Crippen LogP) is 2.45. The number of pyridine rings is 1. The van der Waals surface area contributed by atoms with E-state index in [4.69, 9.17) is 16.7 Å². The number of nitrogens with one attached hydrogen (secondary N) is 1. The first-order valence-electron chi connectivity index (χ1n) is 7.33. The number of sulfonamides is 1. The van der Waals surface area contributed by atoms with Gasteiger partial charge in [0.05, 0.1) is 4.90 Å². The van der Waals surface area contributed by atoms with E-state index < -0.39 is 10.0 Å². The second-order valence-electron chi connectivity index (χ2n) is 5.69. The van der Waals surface area contributed by atoms with Crippen molar-refractivity contribution in [1.82, 2.24) is 9.71 Å². The monoisotopic (exact) mass is 352 g/mol. The molecule has 1 heterocycles. The van der Waals surface area contributed by atoms with E-state index in [-0.39, 0.29) is 23.5 Å². The Morgan fingerprint density at radius 3 is 2.70 bits per heavy atom. The molecule has 0 saturated heterocycles. The minimum absolute atomic E-state index is 0.0936. The van der Waals surface area contributed by atoms with Crippen LogP contribution in [0.4, 0.5) is 0 Å². The number of benzene rings is 1. The maximum absolute atomic E-state index is 12.7. The third-order valence-corrected chi connectivity index (χ3v) is 5.91. The molecule has 0 bridgehead atoms. The molecule has 1 fully saturated rings. The van der Waals surface area contributed by atoms with E-state index in [1.807, 2.05) is 0 Å². The molecule has 0 unspecified atom stereocenters. The Hall–Kier alpha value is -1.47. The van der Waals surface area contributed by atoms with Crippen LogP contribution in [0.1, 0.15) is 12.8 Å². The molecule has 3 rings (SSSR count). The molecular formula is C16H17ClN2O3S. The van der Waals surface area contributed by atoms with Crippen LogP contribution in [0.15, 0.2) is 47.6 Å². The zero-order valence-corrected chi connectivity index (χ0v) is 13.9. The van der Waals surface area contributed by atoms with E-state index in [9.17, 15) is 8.42 Å². The van der Waals surface area contributed by atoms with Crippen molar-refractivity contribution < 1.29 is 13.5 Å². The van der Waals surface area contributed by atoms with Gasteiger partial charge in [0, 0.05) is 41.2 Å². The second-order valence-corrected chi connectivity index (χ2v) is 7.78. The molecular weight excluding hydrogens is 336 g/mol. The largest absolute Gasteiger partial charge is 0.396 e. The molecule has 7 heteroatoms. The number of halogens is 1. The van der Waals surface area contributed by atoms with Crippen molar-refractivity contribution in [2.75, 3.05) is 6.61 Å². The molecule has 0 radical (unpaired) electrons. The Balaban J connectivity index is 1.95. The van der Waals surface area contributed by atoms with Crippen LogP contribution in [0.2, 0.25) is 5.02 Å². The van der Waals surface area contributed by atoms with Crippen molar-refractivity contribution >= 4 is 21.6 Å². The lowest BCUT2D eigenvalue weighted by molar-refractivity contribution is 0.137. The highest BCUT2D eigenvalue weighted by atomic mass is 35.5. The Morgan fingerprint density at radius 1 is 1.26 bits per heavy atom. The van der Waals surface area contributed by atoms with Gasteiger partial charge in [0.2, 0.25) is 10.0 Å². The summed E-state index contributed by atoms with van der Waals surface area (Å²) < 4.78 is 28.1. The quantitative estimate of drug-likeness (QED) is 0.866. The summed E-state index contributed by atoms with van der Waals surface area (Å²) >= 11 is 6.25. The lowest BCUT2D eigenvalue weighted by Gasteiger charge is -2.34. The summed E-state index contributed by atoms with van der Waals surface area (Å²) in [6.45, 7) is 0.0936. The third kappa shape index (κ3) is 3.40. The molecule has 0 amide bonds. The molecule has 2 N–H and O–H groups in total. The minimum atomic E-state index is -3.70. The van der Waals surface area contributed by atoms with Gasteiger partial charge >= 0.3 is 0 Å².